The normalized spacial score (nSPS) is 12.1. The van der Waals surface area contributed by atoms with Gasteiger partial charge < -0.3 is 9.88 Å². The lowest BCUT2D eigenvalue weighted by Crippen LogP contribution is -2.28. The second kappa shape index (κ2) is 6.38. The van der Waals surface area contributed by atoms with Crippen molar-refractivity contribution in [2.24, 2.45) is 7.05 Å². The highest BCUT2D eigenvalue weighted by molar-refractivity contribution is 7.99. The number of hydrogen-bond donors (Lipinski definition) is 1. The quantitative estimate of drug-likeness (QED) is 0.846. The molecule has 19 heavy (non-hydrogen) atoms. The maximum absolute atomic E-state index is 11.8. The zero-order valence-electron chi connectivity index (χ0n) is 10.9. The number of thioether (sulfide) groups is 1. The first kappa shape index (κ1) is 13.6. The van der Waals surface area contributed by atoms with Gasteiger partial charge >= 0.3 is 0 Å². The van der Waals surface area contributed by atoms with Crippen LogP contribution in [0, 0.1) is 0 Å². The van der Waals surface area contributed by atoms with Gasteiger partial charge in [0.25, 0.3) is 0 Å². The number of aromatic nitrogens is 3. The Balaban J connectivity index is 1.83. The first-order chi connectivity index (χ1) is 9.16. The summed E-state index contributed by atoms with van der Waals surface area (Å²) in [4.78, 5) is 11.8. The SMILES string of the molecule is CC(NC(=O)CSc1nncn1C)c1ccccc1. The van der Waals surface area contributed by atoms with Crippen molar-refractivity contribution in [2.75, 3.05) is 5.75 Å². The number of amides is 1. The lowest BCUT2D eigenvalue weighted by molar-refractivity contribution is -0.119. The molecule has 0 bridgehead atoms. The third kappa shape index (κ3) is 3.82. The molecule has 2 aromatic rings. The summed E-state index contributed by atoms with van der Waals surface area (Å²) in [7, 11) is 1.85. The van der Waals surface area contributed by atoms with Gasteiger partial charge in [0.15, 0.2) is 5.16 Å². The number of benzene rings is 1. The van der Waals surface area contributed by atoms with Gasteiger partial charge in [0, 0.05) is 7.05 Å². The van der Waals surface area contributed by atoms with Crippen molar-refractivity contribution in [3.8, 4) is 0 Å². The monoisotopic (exact) mass is 276 g/mol. The molecule has 1 atom stereocenters. The molecule has 100 valence electrons. The van der Waals surface area contributed by atoms with Crippen molar-refractivity contribution >= 4 is 17.7 Å². The maximum Gasteiger partial charge on any atom is 0.230 e. The minimum absolute atomic E-state index is 0.00814. The number of carbonyl (C=O) groups excluding carboxylic acids is 1. The fourth-order valence-electron chi connectivity index (χ4n) is 1.64. The average molecular weight is 276 g/mol. The topological polar surface area (TPSA) is 59.8 Å². The van der Waals surface area contributed by atoms with E-state index >= 15 is 0 Å². The Hall–Kier alpha value is -1.82. The second-order valence-corrected chi connectivity index (χ2v) is 5.16. The van der Waals surface area contributed by atoms with Gasteiger partial charge in [-0.05, 0) is 12.5 Å². The van der Waals surface area contributed by atoms with Gasteiger partial charge in [0.2, 0.25) is 5.91 Å². The summed E-state index contributed by atoms with van der Waals surface area (Å²) in [5, 5.41) is 11.4. The molecule has 0 saturated heterocycles. The van der Waals surface area contributed by atoms with E-state index in [1.165, 1.54) is 11.8 Å². The highest BCUT2D eigenvalue weighted by Crippen LogP contribution is 2.15. The van der Waals surface area contributed by atoms with Gasteiger partial charge in [0.1, 0.15) is 6.33 Å². The van der Waals surface area contributed by atoms with Crippen molar-refractivity contribution in [3.63, 3.8) is 0 Å². The van der Waals surface area contributed by atoms with Gasteiger partial charge in [-0.1, -0.05) is 42.1 Å². The van der Waals surface area contributed by atoms with Crippen LogP contribution in [0.5, 0.6) is 0 Å². The van der Waals surface area contributed by atoms with Crippen molar-refractivity contribution in [3.05, 3.63) is 42.2 Å². The molecule has 0 saturated carbocycles. The molecule has 0 aliphatic carbocycles. The molecule has 0 spiro atoms. The van der Waals surface area contributed by atoms with Crippen LogP contribution in [0.3, 0.4) is 0 Å². The molecule has 1 heterocycles. The average Bonchev–Trinajstić information content (AvgIpc) is 2.83. The van der Waals surface area contributed by atoms with E-state index in [-0.39, 0.29) is 11.9 Å². The van der Waals surface area contributed by atoms with Crippen LogP contribution in [0.25, 0.3) is 0 Å². The number of carbonyl (C=O) groups is 1. The summed E-state index contributed by atoms with van der Waals surface area (Å²) in [6.07, 6.45) is 1.62. The summed E-state index contributed by atoms with van der Waals surface area (Å²) in [5.74, 6) is 0.327. The number of aryl methyl sites for hydroxylation is 1. The second-order valence-electron chi connectivity index (χ2n) is 4.21. The number of hydrogen-bond acceptors (Lipinski definition) is 4. The third-order valence-corrected chi connectivity index (χ3v) is 3.71. The lowest BCUT2D eigenvalue weighted by atomic mass is 10.1. The predicted octanol–water partition coefficient (Wildman–Crippen LogP) is 1.78. The van der Waals surface area contributed by atoms with Crippen LogP contribution in [-0.2, 0) is 11.8 Å². The molecule has 0 fully saturated rings. The fourth-order valence-corrected chi connectivity index (χ4v) is 2.34. The molecule has 1 aromatic carbocycles. The van der Waals surface area contributed by atoms with Crippen molar-refractivity contribution < 1.29 is 4.79 Å². The van der Waals surface area contributed by atoms with Crippen LogP contribution in [0.4, 0.5) is 0 Å². The Bertz CT molecular complexity index is 541. The van der Waals surface area contributed by atoms with Gasteiger partial charge in [-0.25, -0.2) is 0 Å². The zero-order chi connectivity index (χ0) is 13.7. The van der Waals surface area contributed by atoms with E-state index in [1.807, 2.05) is 44.3 Å². The Morgan fingerprint density at radius 3 is 2.79 bits per heavy atom. The first-order valence-electron chi connectivity index (χ1n) is 5.98. The molecule has 0 aliphatic heterocycles. The number of rotatable bonds is 5. The minimum Gasteiger partial charge on any atom is -0.349 e. The van der Waals surface area contributed by atoms with Crippen LogP contribution < -0.4 is 5.32 Å². The Morgan fingerprint density at radius 2 is 2.16 bits per heavy atom. The minimum atomic E-state index is -0.00986. The molecule has 1 aromatic heterocycles. The van der Waals surface area contributed by atoms with E-state index in [0.717, 1.165) is 10.7 Å². The molecular formula is C13H16N4OS. The molecule has 1 unspecified atom stereocenters. The van der Waals surface area contributed by atoms with Crippen LogP contribution in [-0.4, -0.2) is 26.4 Å². The molecule has 1 N–H and O–H groups in total. The van der Waals surface area contributed by atoms with Crippen LogP contribution >= 0.6 is 11.8 Å². The number of nitrogens with zero attached hydrogens (tertiary/aromatic N) is 3. The van der Waals surface area contributed by atoms with E-state index in [2.05, 4.69) is 15.5 Å². The highest BCUT2D eigenvalue weighted by Gasteiger charge is 2.11. The molecule has 1 amide bonds. The summed E-state index contributed by atoms with van der Waals surface area (Å²) < 4.78 is 1.79. The molecule has 0 radical (unpaired) electrons. The molecule has 0 aliphatic rings. The van der Waals surface area contributed by atoms with Gasteiger partial charge in [0.05, 0.1) is 11.8 Å². The van der Waals surface area contributed by atoms with Crippen LogP contribution in [0.2, 0.25) is 0 Å². The largest absolute Gasteiger partial charge is 0.349 e. The molecule has 2 rings (SSSR count). The van der Waals surface area contributed by atoms with Crippen molar-refractivity contribution in [1.29, 1.82) is 0 Å². The van der Waals surface area contributed by atoms with E-state index in [9.17, 15) is 4.79 Å². The third-order valence-electron chi connectivity index (χ3n) is 2.68. The van der Waals surface area contributed by atoms with Crippen molar-refractivity contribution in [2.45, 2.75) is 18.1 Å². The smallest absolute Gasteiger partial charge is 0.230 e. The fraction of sp³-hybridized carbons (Fsp3) is 0.308. The van der Waals surface area contributed by atoms with Crippen molar-refractivity contribution in [1.82, 2.24) is 20.1 Å². The van der Waals surface area contributed by atoms with E-state index in [4.69, 9.17) is 0 Å². The Kier molecular flexibility index (Phi) is 4.57. The lowest BCUT2D eigenvalue weighted by Gasteiger charge is -2.13. The first-order valence-corrected chi connectivity index (χ1v) is 6.96. The predicted molar refractivity (Wildman–Crippen MR) is 74.7 cm³/mol. The van der Waals surface area contributed by atoms with Crippen LogP contribution in [0.1, 0.15) is 18.5 Å². The molecule has 5 nitrogen and oxygen atoms in total. The molecule has 6 heteroatoms. The van der Waals surface area contributed by atoms with Gasteiger partial charge in [-0.15, -0.1) is 10.2 Å². The standard InChI is InChI=1S/C13H16N4OS/c1-10(11-6-4-3-5-7-11)15-12(18)8-19-13-16-14-9-17(13)2/h3-7,9-10H,8H2,1-2H3,(H,15,18). The summed E-state index contributed by atoms with van der Waals surface area (Å²) in [6.45, 7) is 1.97. The van der Waals surface area contributed by atoms with E-state index < -0.39 is 0 Å². The molecular weight excluding hydrogens is 260 g/mol. The summed E-state index contributed by atoms with van der Waals surface area (Å²) >= 11 is 1.38. The van der Waals surface area contributed by atoms with Crippen LogP contribution in [0.15, 0.2) is 41.8 Å². The number of nitrogens with one attached hydrogen (secondary N) is 1. The Labute approximate surface area is 116 Å². The Morgan fingerprint density at radius 1 is 1.42 bits per heavy atom. The highest BCUT2D eigenvalue weighted by atomic mass is 32.2. The maximum atomic E-state index is 11.8. The van der Waals surface area contributed by atoms with Gasteiger partial charge in [-0.2, -0.15) is 0 Å². The summed E-state index contributed by atoms with van der Waals surface area (Å²) in [5.41, 5.74) is 1.10. The van der Waals surface area contributed by atoms with E-state index in [1.54, 1.807) is 10.9 Å². The van der Waals surface area contributed by atoms with Gasteiger partial charge in [-0.3, -0.25) is 4.79 Å². The zero-order valence-corrected chi connectivity index (χ0v) is 11.7. The summed E-state index contributed by atoms with van der Waals surface area (Å²) in [6, 6.07) is 9.90. The van der Waals surface area contributed by atoms with E-state index in [0.29, 0.717) is 5.75 Å².